The molecule has 2 aromatic heterocycles. The molecule has 0 radical (unpaired) electrons. The van der Waals surface area contributed by atoms with E-state index in [2.05, 4.69) is 0 Å². The molecule has 0 amide bonds. The van der Waals surface area contributed by atoms with Crippen molar-refractivity contribution >= 4 is 39.6 Å². The van der Waals surface area contributed by atoms with Gasteiger partial charge in [0.05, 0.1) is 18.5 Å². The lowest BCUT2D eigenvalue weighted by molar-refractivity contribution is -0.137. The van der Waals surface area contributed by atoms with Gasteiger partial charge in [-0.15, -0.1) is 11.3 Å². The van der Waals surface area contributed by atoms with Crippen molar-refractivity contribution in [3.8, 4) is 0 Å². The molecule has 0 bridgehead atoms. The van der Waals surface area contributed by atoms with Gasteiger partial charge in [-0.3, -0.25) is 14.2 Å². The molecule has 0 saturated heterocycles. The third kappa shape index (κ3) is 3.61. The first-order valence-electron chi connectivity index (χ1n) is 9.74. The van der Waals surface area contributed by atoms with Gasteiger partial charge >= 0.3 is 17.6 Å². The second kappa shape index (κ2) is 7.99. The van der Waals surface area contributed by atoms with Gasteiger partial charge in [-0.05, 0) is 42.5 Å². The van der Waals surface area contributed by atoms with Crippen LogP contribution in [-0.2, 0) is 29.0 Å². The highest BCUT2D eigenvalue weighted by Crippen LogP contribution is 2.31. The van der Waals surface area contributed by atoms with E-state index in [4.69, 9.17) is 4.74 Å². The molecule has 0 aliphatic heterocycles. The second-order valence-electron chi connectivity index (χ2n) is 7.29. The van der Waals surface area contributed by atoms with Gasteiger partial charge in [0.2, 0.25) is 0 Å². The number of aromatic nitrogens is 2. The van der Waals surface area contributed by atoms with Gasteiger partial charge in [0.1, 0.15) is 16.3 Å². The van der Waals surface area contributed by atoms with Crippen molar-refractivity contribution in [3.05, 3.63) is 72.2 Å². The van der Waals surface area contributed by atoms with Crippen LogP contribution in [0.25, 0.3) is 16.3 Å². The van der Waals surface area contributed by atoms with E-state index in [9.17, 15) is 24.3 Å². The van der Waals surface area contributed by atoms with Crippen molar-refractivity contribution in [1.82, 2.24) is 9.13 Å². The smallest absolute Gasteiger partial charge is 0.348 e. The van der Waals surface area contributed by atoms with Crippen LogP contribution in [0.2, 0.25) is 0 Å². The first kappa shape index (κ1) is 20.8. The van der Waals surface area contributed by atoms with Gasteiger partial charge in [0, 0.05) is 0 Å². The first-order valence-corrected chi connectivity index (χ1v) is 10.6. The summed E-state index contributed by atoms with van der Waals surface area (Å²) in [6.07, 6.45) is 2.64. The molecule has 1 N–H and O–H groups in total. The number of fused-ring (bicyclic) bond motifs is 2. The average molecular weight is 440 g/mol. The Morgan fingerprint density at radius 1 is 1.19 bits per heavy atom. The third-order valence-corrected chi connectivity index (χ3v) is 6.54. The largest absolute Gasteiger partial charge is 0.480 e. The Morgan fingerprint density at radius 2 is 1.94 bits per heavy atom. The molecule has 3 aromatic rings. The van der Waals surface area contributed by atoms with Crippen molar-refractivity contribution in [2.24, 2.45) is 0 Å². The standard InChI is InChI=1S/C22H20N2O6S/c1-3-30-21(28)18-12(2)17-19(27)23(11-16(25)26)22(29)24(20(17)31-18)10-13-8-14-6-4-5-7-15(14)9-13/h4-8H,3,9-11H2,1-2H3,(H,25,26). The van der Waals surface area contributed by atoms with E-state index in [0.717, 1.165) is 28.0 Å². The number of benzene rings is 1. The lowest BCUT2D eigenvalue weighted by atomic mass is 10.1. The van der Waals surface area contributed by atoms with Gasteiger partial charge in [0.25, 0.3) is 5.56 Å². The Morgan fingerprint density at radius 3 is 2.61 bits per heavy atom. The minimum atomic E-state index is -1.30. The summed E-state index contributed by atoms with van der Waals surface area (Å²) in [6.45, 7) is 2.90. The molecule has 0 spiro atoms. The number of hydrogen-bond donors (Lipinski definition) is 1. The number of esters is 1. The maximum absolute atomic E-state index is 13.1. The first-order chi connectivity index (χ1) is 14.8. The molecule has 31 heavy (non-hydrogen) atoms. The van der Waals surface area contributed by atoms with Crippen LogP contribution in [0.15, 0.2) is 39.4 Å². The summed E-state index contributed by atoms with van der Waals surface area (Å²) >= 11 is 1.02. The summed E-state index contributed by atoms with van der Waals surface area (Å²) < 4.78 is 7.19. The van der Waals surface area contributed by atoms with Gasteiger partial charge in [-0.1, -0.05) is 30.3 Å². The number of hydrogen-bond acceptors (Lipinski definition) is 6. The fourth-order valence-electron chi connectivity index (χ4n) is 3.86. The summed E-state index contributed by atoms with van der Waals surface area (Å²) in [5.74, 6) is -1.87. The molecule has 9 heteroatoms. The highest BCUT2D eigenvalue weighted by Gasteiger charge is 2.25. The zero-order valence-corrected chi connectivity index (χ0v) is 17.8. The van der Waals surface area contributed by atoms with E-state index in [0.29, 0.717) is 21.4 Å². The van der Waals surface area contributed by atoms with Crippen LogP contribution in [0.3, 0.4) is 0 Å². The van der Waals surface area contributed by atoms with E-state index >= 15 is 0 Å². The van der Waals surface area contributed by atoms with Crippen molar-refractivity contribution in [1.29, 1.82) is 0 Å². The Bertz CT molecular complexity index is 1380. The van der Waals surface area contributed by atoms with E-state index in [1.165, 1.54) is 4.57 Å². The number of thiophene rings is 1. The van der Waals surface area contributed by atoms with Gasteiger partial charge < -0.3 is 9.84 Å². The normalized spacial score (nSPS) is 12.6. The van der Waals surface area contributed by atoms with Crippen LogP contribution in [0, 0.1) is 6.92 Å². The Hall–Kier alpha value is -3.46. The van der Waals surface area contributed by atoms with Crippen LogP contribution in [0.4, 0.5) is 0 Å². The zero-order valence-electron chi connectivity index (χ0n) is 17.0. The number of nitrogens with zero attached hydrogens (tertiary/aromatic N) is 2. The molecule has 0 saturated carbocycles. The Labute approximate surface area is 180 Å². The number of aryl methyl sites for hydroxylation is 1. The van der Waals surface area contributed by atoms with Crippen LogP contribution in [-0.4, -0.2) is 32.8 Å². The predicted octanol–water partition coefficient (Wildman–Crippen LogP) is 2.43. The average Bonchev–Trinajstić information content (AvgIpc) is 3.29. The minimum Gasteiger partial charge on any atom is -0.480 e. The number of carbonyl (C=O) groups is 2. The number of carboxylic acids is 1. The maximum Gasteiger partial charge on any atom is 0.348 e. The van der Waals surface area contributed by atoms with Gasteiger partial charge in [-0.25, -0.2) is 14.2 Å². The lowest BCUT2D eigenvalue weighted by Crippen LogP contribution is -2.41. The fourth-order valence-corrected chi connectivity index (χ4v) is 5.04. The summed E-state index contributed by atoms with van der Waals surface area (Å²) in [6, 6.07) is 7.88. The monoisotopic (exact) mass is 440 g/mol. The van der Waals surface area contributed by atoms with Crippen molar-refractivity contribution < 1.29 is 19.4 Å². The SMILES string of the molecule is CCOC(=O)c1sc2c(c1C)c(=O)n(CC(=O)O)c(=O)n2CC1=Cc2ccccc2C1. The maximum atomic E-state index is 13.1. The molecule has 0 atom stereocenters. The van der Waals surface area contributed by atoms with Crippen LogP contribution in [0.1, 0.15) is 33.3 Å². The van der Waals surface area contributed by atoms with E-state index in [-0.39, 0.29) is 23.4 Å². The molecule has 0 unspecified atom stereocenters. The van der Waals surface area contributed by atoms with Crippen LogP contribution in [0.5, 0.6) is 0 Å². The summed E-state index contributed by atoms with van der Waals surface area (Å²) in [5.41, 5.74) is 2.11. The third-order valence-electron chi connectivity index (χ3n) is 5.24. The molecule has 4 rings (SSSR count). The molecule has 2 heterocycles. The zero-order chi connectivity index (χ0) is 22.3. The number of allylic oxidation sites excluding steroid dienone is 1. The topological polar surface area (TPSA) is 108 Å². The second-order valence-corrected chi connectivity index (χ2v) is 8.29. The van der Waals surface area contributed by atoms with Gasteiger partial charge in [-0.2, -0.15) is 0 Å². The molecule has 0 fully saturated rings. The summed E-state index contributed by atoms with van der Waals surface area (Å²) in [5, 5.41) is 9.39. The Kier molecular flexibility index (Phi) is 5.36. The quantitative estimate of drug-likeness (QED) is 0.590. The van der Waals surface area contributed by atoms with Gasteiger partial charge in [0.15, 0.2) is 0 Å². The van der Waals surface area contributed by atoms with E-state index in [1.54, 1.807) is 13.8 Å². The molecule has 160 valence electrons. The lowest BCUT2D eigenvalue weighted by Gasteiger charge is -2.12. The highest BCUT2D eigenvalue weighted by atomic mass is 32.1. The van der Waals surface area contributed by atoms with Crippen LogP contribution >= 0.6 is 11.3 Å². The summed E-state index contributed by atoms with van der Waals surface area (Å²) in [4.78, 5) is 50.4. The van der Waals surface area contributed by atoms with Crippen molar-refractivity contribution in [3.63, 3.8) is 0 Å². The minimum absolute atomic E-state index is 0.171. The predicted molar refractivity (Wildman–Crippen MR) is 117 cm³/mol. The van der Waals surface area contributed by atoms with E-state index < -0.39 is 29.7 Å². The molecule has 1 aliphatic carbocycles. The number of rotatable bonds is 6. The number of carbonyl (C=O) groups excluding carboxylic acids is 1. The number of ether oxygens (including phenoxy) is 1. The van der Waals surface area contributed by atoms with Crippen molar-refractivity contribution in [2.75, 3.05) is 6.61 Å². The van der Waals surface area contributed by atoms with Crippen LogP contribution < -0.4 is 11.2 Å². The molecular formula is C22H20N2O6S. The summed E-state index contributed by atoms with van der Waals surface area (Å²) in [7, 11) is 0. The van der Waals surface area contributed by atoms with Crippen molar-refractivity contribution in [2.45, 2.75) is 33.4 Å². The number of aliphatic carboxylic acids is 1. The van der Waals surface area contributed by atoms with E-state index in [1.807, 2.05) is 30.3 Å². The Balaban J connectivity index is 1.92. The molecule has 1 aromatic carbocycles. The molecular weight excluding hydrogens is 420 g/mol. The highest BCUT2D eigenvalue weighted by molar-refractivity contribution is 7.20. The fraction of sp³-hybridized carbons (Fsp3) is 0.273. The molecule has 8 nitrogen and oxygen atoms in total. The molecule has 1 aliphatic rings. The number of carboxylic acid groups (broad SMARTS) is 1.